The Labute approximate surface area is 102 Å². The summed E-state index contributed by atoms with van der Waals surface area (Å²) in [5.41, 5.74) is 2.74. The van der Waals surface area contributed by atoms with E-state index in [1.807, 2.05) is 0 Å². The highest BCUT2D eigenvalue weighted by molar-refractivity contribution is 14.1. The smallest absolute Gasteiger partial charge is 0.0162 e. The van der Waals surface area contributed by atoms with Gasteiger partial charge in [-0.2, -0.15) is 0 Å². The minimum atomic E-state index is 1.36. The molecule has 0 aliphatic rings. The lowest BCUT2D eigenvalue weighted by molar-refractivity contribution is 1.33. The molecule has 1 rings (SSSR count). The minimum absolute atomic E-state index is 1.36. The lowest BCUT2D eigenvalue weighted by Gasteiger charge is -2.01. The monoisotopic (exact) mass is 386 g/mol. The van der Waals surface area contributed by atoms with Gasteiger partial charge in [0.1, 0.15) is 0 Å². The zero-order valence-corrected chi connectivity index (χ0v) is 11.6. The maximum Gasteiger partial charge on any atom is 0.0162 e. The molecule has 0 bridgehead atoms. The van der Waals surface area contributed by atoms with Gasteiger partial charge in [0.15, 0.2) is 0 Å². The predicted octanol–water partition coefficient (Wildman–Crippen LogP) is 4.31. The molecule has 0 aliphatic carbocycles. The zero-order chi connectivity index (χ0) is 9.72. The Morgan fingerprint density at radius 1 is 0.917 bits per heavy atom. The topological polar surface area (TPSA) is 0 Å². The third kappa shape index (κ3) is 3.43. The molecular weight excluding hydrogens is 374 g/mol. The average Bonchev–Trinajstić information content (AvgIpc) is 2.05. The van der Waals surface area contributed by atoms with Crippen molar-refractivity contribution in [3.05, 3.63) is 43.6 Å². The van der Waals surface area contributed by atoms with Gasteiger partial charge in [-0.05, 0) is 82.3 Å². The van der Waals surface area contributed by atoms with Gasteiger partial charge in [-0.25, -0.2) is 0 Å². The van der Waals surface area contributed by atoms with Crippen LogP contribution < -0.4 is 0 Å². The molecule has 0 unspecified atom stereocenters. The van der Waals surface area contributed by atoms with Crippen molar-refractivity contribution in [1.29, 1.82) is 0 Å². The van der Waals surface area contributed by atoms with Crippen molar-refractivity contribution in [2.75, 3.05) is 0 Å². The lowest BCUT2D eigenvalue weighted by Crippen LogP contribution is -1.85. The summed E-state index contributed by atoms with van der Waals surface area (Å²) in [6.07, 6.45) is 0. The maximum atomic E-state index is 3.00. The van der Waals surface area contributed by atoms with Crippen molar-refractivity contribution in [1.82, 2.24) is 0 Å². The summed E-state index contributed by atoms with van der Waals surface area (Å²) < 4.78 is 2.71. The van der Waals surface area contributed by atoms with Gasteiger partial charge >= 0.3 is 0 Å². The Morgan fingerprint density at radius 2 is 1.17 bits per heavy atom. The Kier molecular flexibility index (Phi) is 6.17. The van der Waals surface area contributed by atoms with Gasteiger partial charge < -0.3 is 0 Å². The predicted molar refractivity (Wildman–Crippen MR) is 72.6 cm³/mol. The fourth-order valence-corrected chi connectivity index (χ4v) is 1.99. The van der Waals surface area contributed by atoms with Crippen LogP contribution in [0.2, 0.25) is 0 Å². The first kappa shape index (κ1) is 12.4. The molecule has 0 spiro atoms. The second-order valence-corrected chi connectivity index (χ2v) is 4.67. The molecule has 0 amide bonds. The highest BCUT2D eigenvalue weighted by atomic mass is 127. The highest BCUT2D eigenvalue weighted by Gasteiger charge is 1.97. The summed E-state index contributed by atoms with van der Waals surface area (Å²) in [5.74, 6) is 0. The first-order chi connectivity index (χ1) is 5.61. The van der Waals surface area contributed by atoms with Crippen LogP contribution in [-0.2, 0) is 0 Å². The summed E-state index contributed by atoms with van der Waals surface area (Å²) in [6.45, 7) is 10.3. The minimum Gasteiger partial charge on any atom is -0.106 e. The number of benzene rings is 1. The second kappa shape index (κ2) is 5.96. The summed E-state index contributed by atoms with van der Waals surface area (Å²) in [4.78, 5) is 0. The van der Waals surface area contributed by atoms with E-state index in [0.29, 0.717) is 0 Å². The number of aryl methyl sites for hydroxylation is 2. The van der Waals surface area contributed by atoms with E-state index < -0.39 is 0 Å². The van der Waals surface area contributed by atoms with Crippen LogP contribution in [0.25, 0.3) is 0 Å². The fourth-order valence-electron chi connectivity index (χ4n) is 0.746. The van der Waals surface area contributed by atoms with E-state index >= 15 is 0 Å². The molecule has 0 aromatic heterocycles. The molecule has 0 atom stereocenters. The van der Waals surface area contributed by atoms with Gasteiger partial charge in [-0.15, -0.1) is 13.2 Å². The molecule has 0 aliphatic heterocycles. The van der Waals surface area contributed by atoms with Gasteiger partial charge in [0.2, 0.25) is 0 Å². The Balaban J connectivity index is 0.000000561. The van der Waals surface area contributed by atoms with Gasteiger partial charge in [-0.1, -0.05) is 0 Å². The van der Waals surface area contributed by atoms with Crippen LogP contribution in [0.1, 0.15) is 11.1 Å². The number of hydrogen-bond donors (Lipinski definition) is 0. The third-order valence-electron chi connectivity index (χ3n) is 1.44. The van der Waals surface area contributed by atoms with Crippen molar-refractivity contribution in [2.24, 2.45) is 0 Å². The van der Waals surface area contributed by atoms with Crippen LogP contribution in [0, 0.1) is 21.0 Å². The van der Waals surface area contributed by atoms with Gasteiger partial charge in [0, 0.05) is 7.14 Å². The molecule has 66 valence electrons. The van der Waals surface area contributed by atoms with Crippen LogP contribution in [0.4, 0.5) is 0 Å². The van der Waals surface area contributed by atoms with Crippen LogP contribution in [0.3, 0.4) is 0 Å². The molecular formula is C10H12I2. The normalized spacial score (nSPS) is 8.67. The number of rotatable bonds is 0. The molecule has 0 N–H and O–H groups in total. The number of hydrogen-bond acceptors (Lipinski definition) is 0. The molecule has 0 saturated carbocycles. The Bertz CT molecular complexity index is 217. The van der Waals surface area contributed by atoms with E-state index in [4.69, 9.17) is 0 Å². The standard InChI is InChI=1S/C8H8I2.C2H4/c1-5-3-8(10)6(2)4-7(5)9;1-2/h3-4H,1-2H3;1-2H2. The van der Waals surface area contributed by atoms with Gasteiger partial charge in [0.05, 0.1) is 0 Å². The third-order valence-corrected chi connectivity index (χ3v) is 3.76. The van der Waals surface area contributed by atoms with Crippen molar-refractivity contribution in [3.63, 3.8) is 0 Å². The van der Waals surface area contributed by atoms with Crippen molar-refractivity contribution < 1.29 is 0 Å². The van der Waals surface area contributed by atoms with Crippen LogP contribution in [0.15, 0.2) is 25.3 Å². The van der Waals surface area contributed by atoms with Crippen molar-refractivity contribution in [2.45, 2.75) is 13.8 Å². The van der Waals surface area contributed by atoms with E-state index in [0.717, 1.165) is 0 Å². The molecule has 0 nitrogen and oxygen atoms in total. The molecule has 0 heterocycles. The first-order valence-corrected chi connectivity index (χ1v) is 5.69. The van der Waals surface area contributed by atoms with Crippen LogP contribution >= 0.6 is 45.2 Å². The Hall–Kier alpha value is 0.420. The van der Waals surface area contributed by atoms with Crippen LogP contribution in [0.5, 0.6) is 0 Å². The fraction of sp³-hybridized carbons (Fsp3) is 0.200. The molecule has 2 heteroatoms. The van der Waals surface area contributed by atoms with E-state index in [-0.39, 0.29) is 0 Å². The molecule has 12 heavy (non-hydrogen) atoms. The molecule has 1 aromatic rings. The quantitative estimate of drug-likeness (QED) is 0.461. The van der Waals surface area contributed by atoms with E-state index in [2.05, 4.69) is 84.3 Å². The molecule has 0 fully saturated rings. The second-order valence-electron chi connectivity index (χ2n) is 2.35. The summed E-state index contributed by atoms with van der Waals surface area (Å²) in [7, 11) is 0. The van der Waals surface area contributed by atoms with E-state index in [9.17, 15) is 0 Å². The van der Waals surface area contributed by atoms with Crippen molar-refractivity contribution >= 4 is 45.2 Å². The SMILES string of the molecule is C=C.Cc1cc(I)c(C)cc1I. The zero-order valence-electron chi connectivity index (χ0n) is 7.32. The highest BCUT2D eigenvalue weighted by Crippen LogP contribution is 2.18. The van der Waals surface area contributed by atoms with Gasteiger partial charge in [-0.3, -0.25) is 0 Å². The van der Waals surface area contributed by atoms with Crippen LogP contribution in [-0.4, -0.2) is 0 Å². The number of halogens is 2. The molecule has 1 aromatic carbocycles. The lowest BCUT2D eigenvalue weighted by atomic mass is 10.2. The summed E-state index contributed by atoms with van der Waals surface area (Å²) in [5, 5.41) is 0. The van der Waals surface area contributed by atoms with E-state index in [1.54, 1.807) is 0 Å². The van der Waals surface area contributed by atoms with Crippen molar-refractivity contribution in [3.8, 4) is 0 Å². The summed E-state index contributed by atoms with van der Waals surface area (Å²) in [6, 6.07) is 4.44. The largest absolute Gasteiger partial charge is 0.106 e. The van der Waals surface area contributed by atoms with Gasteiger partial charge in [0.25, 0.3) is 0 Å². The summed E-state index contributed by atoms with van der Waals surface area (Å²) >= 11 is 4.73. The van der Waals surface area contributed by atoms with E-state index in [1.165, 1.54) is 18.3 Å². The maximum absolute atomic E-state index is 3.00. The molecule has 0 saturated heterocycles. The Morgan fingerprint density at radius 3 is 1.42 bits per heavy atom. The first-order valence-electron chi connectivity index (χ1n) is 3.53. The molecule has 0 radical (unpaired) electrons. The average molecular weight is 386 g/mol.